The molecule has 1 aliphatic rings. The predicted octanol–water partition coefficient (Wildman–Crippen LogP) is 2.27. The van der Waals surface area contributed by atoms with E-state index in [-0.39, 0.29) is 0 Å². The fourth-order valence-corrected chi connectivity index (χ4v) is 1.80. The molecule has 0 aromatic rings. The first kappa shape index (κ1) is 8.06. The van der Waals surface area contributed by atoms with Crippen LogP contribution in [0.5, 0.6) is 0 Å². The summed E-state index contributed by atoms with van der Waals surface area (Å²) in [5.41, 5.74) is 0.442. The first-order valence-electron chi connectivity index (χ1n) is 4.27. The molecule has 60 valence electrons. The highest BCUT2D eigenvalue weighted by atomic mass is 15.2. The second kappa shape index (κ2) is 2.54. The fourth-order valence-electron chi connectivity index (χ4n) is 1.80. The minimum atomic E-state index is 0.442. The van der Waals surface area contributed by atoms with E-state index in [9.17, 15) is 0 Å². The van der Waals surface area contributed by atoms with Gasteiger partial charge in [0.1, 0.15) is 0 Å². The number of likely N-dealkylation sites (tertiary alicyclic amines) is 1. The van der Waals surface area contributed by atoms with Gasteiger partial charge < -0.3 is 0 Å². The van der Waals surface area contributed by atoms with E-state index in [1.807, 2.05) is 0 Å². The van der Waals surface area contributed by atoms with Crippen molar-refractivity contribution in [1.82, 2.24) is 4.90 Å². The lowest BCUT2D eigenvalue weighted by molar-refractivity contribution is 0.0598. The maximum atomic E-state index is 2.50. The average molecular weight is 141 g/mol. The van der Waals surface area contributed by atoms with Gasteiger partial charge in [0.05, 0.1) is 0 Å². The molecule has 1 heteroatoms. The number of piperidine rings is 1. The summed E-state index contributed by atoms with van der Waals surface area (Å²) in [5.74, 6) is 0. The summed E-state index contributed by atoms with van der Waals surface area (Å²) in [6.45, 7) is 6.99. The van der Waals surface area contributed by atoms with Gasteiger partial charge in [-0.25, -0.2) is 0 Å². The van der Waals surface area contributed by atoms with E-state index in [4.69, 9.17) is 0 Å². The average Bonchev–Trinajstić information content (AvgIpc) is 1.83. The van der Waals surface area contributed by atoms with Crippen molar-refractivity contribution in [2.75, 3.05) is 7.05 Å². The molecule has 0 amide bonds. The molecule has 0 aliphatic carbocycles. The molecule has 1 atom stereocenters. The van der Waals surface area contributed by atoms with E-state index in [1.54, 1.807) is 0 Å². The van der Waals surface area contributed by atoms with E-state index in [2.05, 4.69) is 32.7 Å². The Morgan fingerprint density at radius 2 is 2.00 bits per heavy atom. The molecule has 1 saturated heterocycles. The lowest BCUT2D eigenvalue weighted by Gasteiger charge is -2.44. The van der Waals surface area contributed by atoms with Crippen LogP contribution >= 0.6 is 0 Å². The lowest BCUT2D eigenvalue weighted by atomic mass is 9.88. The van der Waals surface area contributed by atoms with Crippen LogP contribution in [0.15, 0.2) is 0 Å². The summed E-state index contributed by atoms with van der Waals surface area (Å²) in [6, 6.07) is 0.781. The summed E-state index contributed by atoms with van der Waals surface area (Å²) < 4.78 is 0. The molecule has 1 aliphatic heterocycles. The van der Waals surface area contributed by atoms with Crippen molar-refractivity contribution in [2.45, 2.75) is 51.6 Å². The molecule has 1 fully saturated rings. The van der Waals surface area contributed by atoms with Crippen molar-refractivity contribution in [2.24, 2.45) is 0 Å². The van der Waals surface area contributed by atoms with E-state index >= 15 is 0 Å². The first-order chi connectivity index (χ1) is 4.54. The highest BCUT2D eigenvalue weighted by molar-refractivity contribution is 4.86. The van der Waals surface area contributed by atoms with Crippen LogP contribution in [0.3, 0.4) is 0 Å². The van der Waals surface area contributed by atoms with E-state index in [0.29, 0.717) is 5.54 Å². The minimum Gasteiger partial charge on any atom is -0.299 e. The molecule has 1 nitrogen and oxygen atoms in total. The minimum absolute atomic E-state index is 0.442. The zero-order valence-electron chi connectivity index (χ0n) is 7.65. The molecule has 0 saturated carbocycles. The zero-order valence-corrected chi connectivity index (χ0v) is 7.65. The molecule has 1 heterocycles. The van der Waals surface area contributed by atoms with Crippen molar-refractivity contribution in [1.29, 1.82) is 0 Å². The largest absolute Gasteiger partial charge is 0.299 e. The van der Waals surface area contributed by atoms with Gasteiger partial charge in [-0.1, -0.05) is 6.42 Å². The van der Waals surface area contributed by atoms with Gasteiger partial charge in [-0.3, -0.25) is 4.90 Å². The molecule has 0 bridgehead atoms. The van der Waals surface area contributed by atoms with Crippen molar-refractivity contribution >= 4 is 0 Å². The van der Waals surface area contributed by atoms with Gasteiger partial charge >= 0.3 is 0 Å². The smallest absolute Gasteiger partial charge is 0.0153 e. The van der Waals surface area contributed by atoms with E-state index in [0.717, 1.165) is 6.04 Å². The summed E-state index contributed by atoms with van der Waals surface area (Å²) in [4.78, 5) is 2.50. The monoisotopic (exact) mass is 141 g/mol. The molecule has 0 N–H and O–H groups in total. The molecule has 0 spiro atoms. The van der Waals surface area contributed by atoms with Gasteiger partial charge in [-0.15, -0.1) is 0 Å². The highest BCUT2D eigenvalue weighted by Gasteiger charge is 2.30. The van der Waals surface area contributed by atoms with Crippen LogP contribution in [0.4, 0.5) is 0 Å². The Balaban J connectivity index is 2.60. The molecule has 0 aromatic heterocycles. The molecular formula is C9H19N. The van der Waals surface area contributed by atoms with Crippen LogP contribution in [0.25, 0.3) is 0 Å². The lowest BCUT2D eigenvalue weighted by Crippen LogP contribution is -2.49. The Bertz CT molecular complexity index is 118. The molecule has 0 aromatic carbocycles. The van der Waals surface area contributed by atoms with Gasteiger partial charge in [0.25, 0.3) is 0 Å². The second-order valence-corrected chi connectivity index (χ2v) is 4.16. The molecule has 0 radical (unpaired) electrons. The van der Waals surface area contributed by atoms with Crippen molar-refractivity contribution in [3.05, 3.63) is 0 Å². The normalized spacial score (nSPS) is 34.2. The van der Waals surface area contributed by atoms with Crippen LogP contribution in [-0.2, 0) is 0 Å². The Kier molecular flexibility index (Phi) is 2.04. The van der Waals surface area contributed by atoms with Gasteiger partial charge in [-0.05, 0) is 40.7 Å². The first-order valence-corrected chi connectivity index (χ1v) is 4.27. The second-order valence-electron chi connectivity index (χ2n) is 4.16. The number of rotatable bonds is 0. The summed E-state index contributed by atoms with van der Waals surface area (Å²) in [5, 5.41) is 0. The maximum absolute atomic E-state index is 2.50. The third kappa shape index (κ3) is 1.34. The molecular weight excluding hydrogens is 122 g/mol. The third-order valence-corrected chi connectivity index (χ3v) is 3.03. The van der Waals surface area contributed by atoms with E-state index in [1.165, 1.54) is 19.3 Å². The number of nitrogens with zero attached hydrogens (tertiary/aromatic N) is 1. The Labute approximate surface area is 64.4 Å². The molecule has 0 unspecified atom stereocenters. The number of hydrogen-bond donors (Lipinski definition) is 0. The van der Waals surface area contributed by atoms with Gasteiger partial charge in [0.15, 0.2) is 0 Å². The van der Waals surface area contributed by atoms with Crippen LogP contribution in [0.1, 0.15) is 40.0 Å². The molecule has 1 rings (SSSR count). The van der Waals surface area contributed by atoms with Crippen LogP contribution in [0, 0.1) is 0 Å². The van der Waals surface area contributed by atoms with E-state index < -0.39 is 0 Å². The standard InChI is InChI=1S/C9H19N/c1-8-6-5-7-9(2,3)10(8)4/h8H,5-7H2,1-4H3/t8-/m0/s1. The topological polar surface area (TPSA) is 3.24 Å². The van der Waals surface area contributed by atoms with Gasteiger partial charge in [-0.2, -0.15) is 0 Å². The van der Waals surface area contributed by atoms with Crippen LogP contribution in [-0.4, -0.2) is 23.5 Å². The predicted molar refractivity (Wildman–Crippen MR) is 45.2 cm³/mol. The van der Waals surface area contributed by atoms with Crippen molar-refractivity contribution in [3.8, 4) is 0 Å². The van der Waals surface area contributed by atoms with Gasteiger partial charge in [0.2, 0.25) is 0 Å². The Morgan fingerprint density at radius 3 is 2.40 bits per heavy atom. The van der Waals surface area contributed by atoms with Crippen molar-refractivity contribution in [3.63, 3.8) is 0 Å². The summed E-state index contributed by atoms with van der Waals surface area (Å²) >= 11 is 0. The third-order valence-electron chi connectivity index (χ3n) is 3.03. The summed E-state index contributed by atoms with van der Waals surface area (Å²) in [7, 11) is 2.24. The SMILES string of the molecule is C[C@H]1CCCC(C)(C)N1C. The van der Waals surface area contributed by atoms with Crippen molar-refractivity contribution < 1.29 is 0 Å². The fraction of sp³-hybridized carbons (Fsp3) is 1.00. The Hall–Kier alpha value is -0.0400. The maximum Gasteiger partial charge on any atom is 0.0153 e. The molecule has 10 heavy (non-hydrogen) atoms. The summed E-state index contributed by atoms with van der Waals surface area (Å²) in [6.07, 6.45) is 4.13. The Morgan fingerprint density at radius 1 is 1.40 bits per heavy atom. The van der Waals surface area contributed by atoms with Crippen LogP contribution in [0.2, 0.25) is 0 Å². The van der Waals surface area contributed by atoms with Crippen LogP contribution < -0.4 is 0 Å². The van der Waals surface area contributed by atoms with Gasteiger partial charge in [0, 0.05) is 11.6 Å². The quantitative estimate of drug-likeness (QED) is 0.500. The number of hydrogen-bond acceptors (Lipinski definition) is 1. The zero-order chi connectivity index (χ0) is 7.78. The highest BCUT2D eigenvalue weighted by Crippen LogP contribution is 2.29.